The van der Waals surface area contributed by atoms with Gasteiger partial charge in [-0.1, -0.05) is 51.1 Å². The lowest BCUT2D eigenvalue weighted by Crippen LogP contribution is -2.49. The zero-order valence-corrected chi connectivity index (χ0v) is 18.5. The SMILES string of the molecule is CC(C)(C)CC(=O)N1CC[C@@H]2CC(=O)N([C@@H](Cc3ccccc3)C(N)=O)CC[C@H]2C1. The van der Waals surface area contributed by atoms with Crippen molar-refractivity contribution < 1.29 is 14.4 Å². The Morgan fingerprint density at radius 2 is 1.77 bits per heavy atom. The van der Waals surface area contributed by atoms with Crippen molar-refractivity contribution in [3.8, 4) is 0 Å². The van der Waals surface area contributed by atoms with Crippen molar-refractivity contribution >= 4 is 17.7 Å². The number of benzene rings is 1. The topological polar surface area (TPSA) is 83.7 Å². The summed E-state index contributed by atoms with van der Waals surface area (Å²) in [5, 5.41) is 0. The Morgan fingerprint density at radius 1 is 1.10 bits per heavy atom. The van der Waals surface area contributed by atoms with Crippen molar-refractivity contribution in [1.82, 2.24) is 9.80 Å². The molecule has 0 spiro atoms. The monoisotopic (exact) mass is 413 g/mol. The van der Waals surface area contributed by atoms with Crippen LogP contribution in [0.2, 0.25) is 0 Å². The molecule has 6 heteroatoms. The maximum Gasteiger partial charge on any atom is 0.240 e. The molecule has 6 nitrogen and oxygen atoms in total. The largest absolute Gasteiger partial charge is 0.368 e. The first-order chi connectivity index (χ1) is 14.1. The zero-order valence-electron chi connectivity index (χ0n) is 18.5. The van der Waals surface area contributed by atoms with Crippen LogP contribution in [0.25, 0.3) is 0 Å². The van der Waals surface area contributed by atoms with Gasteiger partial charge >= 0.3 is 0 Å². The van der Waals surface area contributed by atoms with Crippen molar-refractivity contribution in [2.75, 3.05) is 19.6 Å². The standard InChI is InChI=1S/C24H35N3O3/c1-24(2,3)15-22(29)26-11-9-18-14-21(28)27(12-10-19(18)16-26)20(23(25)30)13-17-7-5-4-6-8-17/h4-8,18-20H,9-16H2,1-3H3,(H2,25,30)/t18-,19+,20+/m1/s1. The highest BCUT2D eigenvalue weighted by Crippen LogP contribution is 2.34. The number of hydrogen-bond donors (Lipinski definition) is 1. The van der Waals surface area contributed by atoms with Crippen LogP contribution in [0.15, 0.2) is 30.3 Å². The van der Waals surface area contributed by atoms with E-state index in [1.165, 1.54) is 0 Å². The van der Waals surface area contributed by atoms with E-state index >= 15 is 0 Å². The van der Waals surface area contributed by atoms with Crippen LogP contribution in [-0.2, 0) is 20.8 Å². The molecule has 3 atom stereocenters. The van der Waals surface area contributed by atoms with E-state index in [0.717, 1.165) is 18.4 Å². The Hall–Kier alpha value is -2.37. The molecule has 1 aromatic rings. The second-order valence-electron chi connectivity index (χ2n) is 10.1. The van der Waals surface area contributed by atoms with E-state index in [1.54, 1.807) is 4.90 Å². The highest BCUT2D eigenvalue weighted by atomic mass is 16.2. The summed E-state index contributed by atoms with van der Waals surface area (Å²) >= 11 is 0. The third-order valence-electron chi connectivity index (χ3n) is 6.40. The summed E-state index contributed by atoms with van der Waals surface area (Å²) in [6.07, 6.45) is 3.06. The number of amides is 3. The molecule has 0 saturated carbocycles. The average Bonchev–Trinajstić information content (AvgIpc) is 2.83. The summed E-state index contributed by atoms with van der Waals surface area (Å²) < 4.78 is 0. The van der Waals surface area contributed by atoms with Crippen molar-refractivity contribution in [3.63, 3.8) is 0 Å². The lowest BCUT2D eigenvalue weighted by atomic mass is 9.81. The fraction of sp³-hybridized carbons (Fsp3) is 0.625. The smallest absolute Gasteiger partial charge is 0.240 e. The van der Waals surface area contributed by atoms with Gasteiger partial charge in [0, 0.05) is 38.9 Å². The van der Waals surface area contributed by atoms with Gasteiger partial charge in [0.1, 0.15) is 6.04 Å². The number of piperidine rings is 1. The lowest BCUT2D eigenvalue weighted by Gasteiger charge is -2.38. The minimum Gasteiger partial charge on any atom is -0.368 e. The van der Waals surface area contributed by atoms with Gasteiger partial charge in [-0.15, -0.1) is 0 Å². The second kappa shape index (κ2) is 9.19. The van der Waals surface area contributed by atoms with Crippen LogP contribution in [0.1, 0.15) is 52.0 Å². The van der Waals surface area contributed by atoms with Crippen molar-refractivity contribution in [2.24, 2.45) is 23.0 Å². The number of fused-ring (bicyclic) bond motifs is 1. The molecule has 2 fully saturated rings. The van der Waals surface area contributed by atoms with Crippen molar-refractivity contribution in [3.05, 3.63) is 35.9 Å². The van der Waals surface area contributed by atoms with E-state index in [0.29, 0.717) is 44.8 Å². The molecule has 1 aromatic carbocycles. The molecule has 2 aliphatic rings. The summed E-state index contributed by atoms with van der Waals surface area (Å²) in [5.74, 6) is 0.316. The van der Waals surface area contributed by atoms with Crippen LogP contribution in [0.4, 0.5) is 0 Å². The number of hydrogen-bond acceptors (Lipinski definition) is 3. The average molecular weight is 414 g/mol. The van der Waals surface area contributed by atoms with E-state index in [4.69, 9.17) is 5.73 Å². The van der Waals surface area contributed by atoms with E-state index in [1.807, 2.05) is 35.2 Å². The van der Waals surface area contributed by atoms with Crippen LogP contribution >= 0.6 is 0 Å². The predicted octanol–water partition coefficient (Wildman–Crippen LogP) is 2.61. The minimum atomic E-state index is -0.626. The first-order valence-corrected chi connectivity index (χ1v) is 11.0. The Morgan fingerprint density at radius 3 is 2.40 bits per heavy atom. The fourth-order valence-corrected chi connectivity index (χ4v) is 4.77. The summed E-state index contributed by atoms with van der Waals surface area (Å²) in [6, 6.07) is 9.06. The first-order valence-electron chi connectivity index (χ1n) is 11.0. The Balaban J connectivity index is 1.68. The maximum absolute atomic E-state index is 13.0. The fourth-order valence-electron chi connectivity index (χ4n) is 4.77. The molecule has 2 saturated heterocycles. The molecule has 0 aromatic heterocycles. The lowest BCUT2D eigenvalue weighted by molar-refractivity contribution is -0.139. The molecular formula is C24H35N3O3. The molecule has 0 radical (unpaired) electrons. The van der Waals surface area contributed by atoms with Gasteiger partial charge < -0.3 is 15.5 Å². The van der Waals surface area contributed by atoms with Gasteiger partial charge in [0.2, 0.25) is 17.7 Å². The summed E-state index contributed by atoms with van der Waals surface area (Å²) in [6.45, 7) is 8.18. The number of carbonyl (C=O) groups excluding carboxylic acids is 3. The molecule has 30 heavy (non-hydrogen) atoms. The van der Waals surface area contributed by atoms with E-state index in [2.05, 4.69) is 20.8 Å². The Labute approximate surface area is 179 Å². The van der Waals surface area contributed by atoms with Crippen LogP contribution < -0.4 is 5.73 Å². The van der Waals surface area contributed by atoms with Crippen molar-refractivity contribution in [2.45, 2.75) is 58.9 Å². The third kappa shape index (κ3) is 5.61. The molecule has 0 unspecified atom stereocenters. The Bertz CT molecular complexity index is 772. The molecule has 3 amide bonds. The van der Waals surface area contributed by atoms with E-state index in [9.17, 15) is 14.4 Å². The van der Waals surface area contributed by atoms with Gasteiger partial charge in [-0.3, -0.25) is 14.4 Å². The zero-order chi connectivity index (χ0) is 21.9. The highest BCUT2D eigenvalue weighted by Gasteiger charge is 2.39. The Kier molecular flexibility index (Phi) is 6.84. The predicted molar refractivity (Wildman–Crippen MR) is 116 cm³/mol. The normalized spacial score (nSPS) is 23.5. The van der Waals surface area contributed by atoms with Crippen molar-refractivity contribution in [1.29, 1.82) is 0 Å². The molecule has 3 rings (SSSR count). The molecule has 164 valence electrons. The van der Waals surface area contributed by atoms with Gasteiger partial charge in [-0.05, 0) is 35.7 Å². The maximum atomic E-state index is 13.0. The third-order valence-corrected chi connectivity index (χ3v) is 6.40. The molecule has 2 N–H and O–H groups in total. The first kappa shape index (κ1) is 22.3. The van der Waals surface area contributed by atoms with Gasteiger partial charge in [-0.25, -0.2) is 0 Å². The number of nitrogens with zero attached hydrogens (tertiary/aromatic N) is 2. The summed E-state index contributed by atoms with van der Waals surface area (Å²) in [7, 11) is 0. The number of rotatable bonds is 5. The number of likely N-dealkylation sites (tertiary alicyclic amines) is 2. The van der Waals surface area contributed by atoms with Crippen LogP contribution in [0, 0.1) is 17.3 Å². The molecular weight excluding hydrogens is 378 g/mol. The summed E-state index contributed by atoms with van der Waals surface area (Å²) in [4.78, 5) is 41.6. The van der Waals surface area contributed by atoms with Crippen LogP contribution in [-0.4, -0.2) is 53.2 Å². The number of nitrogens with two attached hydrogens (primary N) is 1. The van der Waals surface area contributed by atoms with Gasteiger partial charge in [-0.2, -0.15) is 0 Å². The second-order valence-corrected chi connectivity index (χ2v) is 10.1. The molecule has 2 aliphatic heterocycles. The summed E-state index contributed by atoms with van der Waals surface area (Å²) in [5.41, 5.74) is 6.67. The van der Waals surface area contributed by atoms with Gasteiger partial charge in [0.25, 0.3) is 0 Å². The van der Waals surface area contributed by atoms with E-state index in [-0.39, 0.29) is 23.1 Å². The molecule has 0 aliphatic carbocycles. The molecule has 0 bridgehead atoms. The minimum absolute atomic E-state index is 0.0108. The van der Waals surface area contributed by atoms with E-state index < -0.39 is 11.9 Å². The van der Waals surface area contributed by atoms with Crippen LogP contribution in [0.3, 0.4) is 0 Å². The quantitative estimate of drug-likeness (QED) is 0.805. The number of primary amides is 1. The van der Waals surface area contributed by atoms with Gasteiger partial charge in [0.15, 0.2) is 0 Å². The number of carbonyl (C=O) groups is 3. The van der Waals surface area contributed by atoms with Gasteiger partial charge in [0.05, 0.1) is 0 Å². The molecule has 2 heterocycles. The van der Waals surface area contributed by atoms with Crippen LogP contribution in [0.5, 0.6) is 0 Å². The highest BCUT2D eigenvalue weighted by molar-refractivity contribution is 5.87.